The van der Waals surface area contributed by atoms with Crippen LogP contribution in [0.3, 0.4) is 0 Å². The van der Waals surface area contributed by atoms with Crippen molar-refractivity contribution >= 4 is 5.97 Å². The predicted octanol–water partition coefficient (Wildman–Crippen LogP) is -1.38. The van der Waals surface area contributed by atoms with Crippen LogP contribution in [-0.4, -0.2) is 106 Å². The summed E-state index contributed by atoms with van der Waals surface area (Å²) in [6.07, 6.45) is -8.44. The van der Waals surface area contributed by atoms with E-state index in [4.69, 9.17) is 23.7 Å². The van der Waals surface area contributed by atoms with Crippen molar-refractivity contribution < 1.29 is 59.1 Å². The third-order valence-electron chi connectivity index (χ3n) is 6.61. The van der Waals surface area contributed by atoms with E-state index in [9.17, 15) is 35.4 Å². The molecule has 2 fully saturated rings. The fraction of sp³-hybridized carbons (Fsp3) is 0.609. The number of hydrogen-bond acceptors (Lipinski definition) is 12. The number of fused-ring (bicyclic) bond motifs is 1. The number of ether oxygens (including phenoxy) is 5. The highest BCUT2D eigenvalue weighted by atomic mass is 16.8. The molecule has 10 atom stereocenters. The van der Waals surface area contributed by atoms with Gasteiger partial charge in [0.25, 0.3) is 0 Å². The normalized spacial score (nSPS) is 39.1. The number of benzene rings is 1. The van der Waals surface area contributed by atoms with Crippen molar-refractivity contribution in [2.24, 2.45) is 11.8 Å². The first-order chi connectivity index (χ1) is 16.7. The number of phenols is 1. The second-order valence-corrected chi connectivity index (χ2v) is 8.78. The molecule has 0 unspecified atom stereocenters. The lowest BCUT2D eigenvalue weighted by Crippen LogP contribution is -2.60. The average Bonchev–Trinajstić information content (AvgIpc) is 3.18. The van der Waals surface area contributed by atoms with Gasteiger partial charge in [0.15, 0.2) is 18.9 Å². The molecular weight excluding hydrogens is 468 g/mol. The van der Waals surface area contributed by atoms with Crippen LogP contribution in [0, 0.1) is 11.8 Å². The lowest BCUT2D eigenvalue weighted by atomic mass is 9.84. The molecule has 2 aliphatic heterocycles. The minimum atomic E-state index is -1.65. The summed E-state index contributed by atoms with van der Waals surface area (Å²) in [5.41, 5.74) is 0.741. The number of hydrogen-bond donors (Lipinski definition) is 6. The molecule has 2 heterocycles. The maximum Gasteiger partial charge on any atom is 0.338 e. The van der Waals surface area contributed by atoms with Gasteiger partial charge in [0.05, 0.1) is 18.3 Å². The molecule has 12 nitrogen and oxygen atoms in total. The number of methoxy groups -OCH3 is 1. The number of aliphatic hydroxyl groups is 5. The van der Waals surface area contributed by atoms with Crippen LogP contribution in [0.5, 0.6) is 5.75 Å². The summed E-state index contributed by atoms with van der Waals surface area (Å²) in [5, 5.41) is 60.0. The Hall–Kier alpha value is -2.13. The molecule has 0 bridgehead atoms. The molecule has 4 rings (SSSR count). The fourth-order valence-electron chi connectivity index (χ4n) is 4.67. The van der Waals surface area contributed by atoms with E-state index in [1.54, 1.807) is 6.08 Å². The summed E-state index contributed by atoms with van der Waals surface area (Å²) >= 11 is 0. The highest BCUT2D eigenvalue weighted by Crippen LogP contribution is 2.44. The van der Waals surface area contributed by atoms with E-state index in [-0.39, 0.29) is 17.9 Å². The van der Waals surface area contributed by atoms with E-state index in [1.807, 2.05) is 0 Å². The van der Waals surface area contributed by atoms with Crippen LogP contribution in [0.1, 0.15) is 16.8 Å². The Morgan fingerprint density at radius 1 is 1.03 bits per heavy atom. The summed E-state index contributed by atoms with van der Waals surface area (Å²) in [5.74, 6) is -1.67. The van der Waals surface area contributed by atoms with Crippen LogP contribution < -0.4 is 0 Å². The van der Waals surface area contributed by atoms with Gasteiger partial charge in [0, 0.05) is 25.4 Å². The minimum absolute atomic E-state index is 0.00579. The number of phenolic OH excluding ortho intramolecular Hbond substituents is 1. The second-order valence-electron chi connectivity index (χ2n) is 8.78. The Labute approximate surface area is 200 Å². The summed E-state index contributed by atoms with van der Waals surface area (Å²) in [6.45, 7) is -0.812. The van der Waals surface area contributed by atoms with E-state index < -0.39 is 73.8 Å². The number of esters is 1. The van der Waals surface area contributed by atoms with Crippen molar-refractivity contribution in [3.05, 3.63) is 41.5 Å². The van der Waals surface area contributed by atoms with Crippen molar-refractivity contribution in [2.45, 2.75) is 55.8 Å². The van der Waals surface area contributed by atoms with Gasteiger partial charge in [-0.2, -0.15) is 0 Å². The smallest absolute Gasteiger partial charge is 0.338 e. The second kappa shape index (κ2) is 10.9. The Morgan fingerprint density at radius 2 is 1.74 bits per heavy atom. The molecule has 0 spiro atoms. The third-order valence-corrected chi connectivity index (χ3v) is 6.61. The maximum atomic E-state index is 12.4. The highest BCUT2D eigenvalue weighted by Gasteiger charge is 2.51. The lowest BCUT2D eigenvalue weighted by molar-refractivity contribution is -0.372. The zero-order valence-electron chi connectivity index (χ0n) is 18.9. The van der Waals surface area contributed by atoms with Crippen LogP contribution >= 0.6 is 0 Å². The van der Waals surface area contributed by atoms with E-state index in [0.29, 0.717) is 12.0 Å². The topological polar surface area (TPSA) is 185 Å². The molecule has 12 heteroatoms. The summed E-state index contributed by atoms with van der Waals surface area (Å²) in [6, 6.07) is 5.54. The largest absolute Gasteiger partial charge is 0.508 e. The first-order valence-electron chi connectivity index (χ1n) is 11.2. The Bertz CT molecular complexity index is 902. The molecule has 1 aromatic carbocycles. The number of carbonyl (C=O) groups is 1. The first-order valence-corrected chi connectivity index (χ1v) is 11.2. The van der Waals surface area contributed by atoms with Gasteiger partial charge in [0.2, 0.25) is 0 Å². The molecule has 1 aliphatic carbocycles. The van der Waals surface area contributed by atoms with Crippen LogP contribution in [0.2, 0.25) is 0 Å². The van der Waals surface area contributed by atoms with E-state index >= 15 is 0 Å². The average molecular weight is 498 g/mol. The molecule has 1 aromatic rings. The van der Waals surface area contributed by atoms with Crippen molar-refractivity contribution in [3.8, 4) is 5.75 Å². The van der Waals surface area contributed by atoms with Gasteiger partial charge in [-0.15, -0.1) is 0 Å². The van der Waals surface area contributed by atoms with Crippen LogP contribution in [0.15, 0.2) is 35.9 Å². The summed E-state index contributed by atoms with van der Waals surface area (Å²) in [7, 11) is 1.42. The van der Waals surface area contributed by atoms with Crippen LogP contribution in [0.25, 0.3) is 0 Å². The number of rotatable bonds is 7. The summed E-state index contributed by atoms with van der Waals surface area (Å²) in [4.78, 5) is 12.4. The molecule has 35 heavy (non-hydrogen) atoms. The van der Waals surface area contributed by atoms with Gasteiger partial charge < -0.3 is 54.3 Å². The SMILES string of the molecule is CO[C@H]1C[C@@H]2[C@@H](C(COC(=O)c3ccc(O)cc3)=C[C@H]2O)[C@H](O[C@@H]2O[C@H](CO)[C@@H](O)[C@H](O)[C@H]2O)O1. The zero-order chi connectivity index (χ0) is 25.3. The van der Waals surface area contributed by atoms with Gasteiger partial charge in [-0.25, -0.2) is 4.79 Å². The van der Waals surface area contributed by atoms with Gasteiger partial charge in [-0.3, -0.25) is 0 Å². The van der Waals surface area contributed by atoms with Crippen LogP contribution in [0.4, 0.5) is 0 Å². The van der Waals surface area contributed by atoms with Crippen LogP contribution in [-0.2, 0) is 23.7 Å². The fourth-order valence-corrected chi connectivity index (χ4v) is 4.67. The van der Waals surface area contributed by atoms with Gasteiger partial charge in [-0.05, 0) is 29.8 Å². The van der Waals surface area contributed by atoms with Gasteiger partial charge in [-0.1, -0.05) is 6.08 Å². The number of carbonyl (C=O) groups excluding carboxylic acids is 1. The Kier molecular flexibility index (Phi) is 8.06. The molecule has 0 saturated carbocycles. The molecule has 0 radical (unpaired) electrons. The molecule has 0 aromatic heterocycles. The Morgan fingerprint density at radius 3 is 2.40 bits per heavy atom. The van der Waals surface area contributed by atoms with Crippen molar-refractivity contribution in [1.29, 1.82) is 0 Å². The van der Waals surface area contributed by atoms with E-state index in [2.05, 4.69) is 0 Å². The molecule has 194 valence electrons. The molecule has 2 saturated heterocycles. The molecular formula is C23H30O12. The lowest BCUT2D eigenvalue weighted by Gasteiger charge is -2.44. The predicted molar refractivity (Wildman–Crippen MR) is 115 cm³/mol. The molecule has 3 aliphatic rings. The highest BCUT2D eigenvalue weighted by molar-refractivity contribution is 5.89. The minimum Gasteiger partial charge on any atom is -0.508 e. The number of aromatic hydroxyl groups is 1. The molecule has 0 amide bonds. The zero-order valence-corrected chi connectivity index (χ0v) is 18.9. The van der Waals surface area contributed by atoms with E-state index in [0.717, 1.165) is 0 Å². The van der Waals surface area contributed by atoms with Crippen molar-refractivity contribution in [2.75, 3.05) is 20.3 Å². The van der Waals surface area contributed by atoms with Gasteiger partial charge in [0.1, 0.15) is 36.8 Å². The maximum absolute atomic E-state index is 12.4. The third kappa shape index (κ3) is 5.35. The quantitative estimate of drug-likeness (QED) is 0.191. The summed E-state index contributed by atoms with van der Waals surface area (Å²) < 4.78 is 27.8. The monoisotopic (exact) mass is 498 g/mol. The number of aliphatic hydroxyl groups excluding tert-OH is 5. The Balaban J connectivity index is 1.49. The van der Waals surface area contributed by atoms with Crippen molar-refractivity contribution in [3.63, 3.8) is 0 Å². The standard InChI is InChI=1S/C23H30O12/c1-31-16-7-13-14(26)6-11(9-32-21(30)10-2-4-12(25)5-3-10)17(13)22(34-16)35-23-20(29)19(28)18(27)15(8-24)33-23/h2-6,13-20,22-29H,7-9H2,1H3/t13-,14+,15+,16+,17+,18+,19-,20+,22-,23-/m0/s1. The van der Waals surface area contributed by atoms with Gasteiger partial charge >= 0.3 is 5.97 Å². The molecule has 6 N–H and O–H groups in total. The van der Waals surface area contributed by atoms with Crippen molar-refractivity contribution in [1.82, 2.24) is 0 Å². The van der Waals surface area contributed by atoms with E-state index in [1.165, 1.54) is 31.4 Å². The first kappa shape index (κ1) is 25.9.